The molecule has 8 nitrogen and oxygen atoms in total. The molecule has 0 atom stereocenters. The van der Waals surface area contributed by atoms with E-state index in [1.165, 1.54) is 12.8 Å². The van der Waals surface area contributed by atoms with Crippen LogP contribution in [0.15, 0.2) is 4.99 Å². The molecular formula is C18H34N6O2. The van der Waals surface area contributed by atoms with E-state index in [-0.39, 0.29) is 18.4 Å². The summed E-state index contributed by atoms with van der Waals surface area (Å²) in [6.45, 7) is 5.87. The van der Waals surface area contributed by atoms with Crippen molar-refractivity contribution in [3.05, 3.63) is 0 Å². The van der Waals surface area contributed by atoms with Gasteiger partial charge in [-0.05, 0) is 12.8 Å². The highest BCUT2D eigenvalue weighted by Gasteiger charge is 2.24. The minimum atomic E-state index is 0.0211. The van der Waals surface area contributed by atoms with Gasteiger partial charge in [0.15, 0.2) is 5.96 Å². The molecule has 148 valence electrons. The van der Waals surface area contributed by atoms with Gasteiger partial charge < -0.3 is 20.0 Å². The fourth-order valence-corrected chi connectivity index (χ4v) is 3.37. The lowest BCUT2D eigenvalue weighted by Gasteiger charge is -2.37. The fraction of sp³-hybridized carbons (Fsp3) is 0.833. The first-order valence-corrected chi connectivity index (χ1v) is 9.67. The summed E-state index contributed by atoms with van der Waals surface area (Å²) in [5.41, 5.74) is 0. The molecule has 2 aliphatic rings. The molecule has 26 heavy (non-hydrogen) atoms. The van der Waals surface area contributed by atoms with E-state index in [0.29, 0.717) is 6.54 Å². The number of likely N-dealkylation sites (tertiary alicyclic amines) is 1. The van der Waals surface area contributed by atoms with Crippen molar-refractivity contribution in [2.24, 2.45) is 4.99 Å². The van der Waals surface area contributed by atoms with Gasteiger partial charge in [0.25, 0.3) is 0 Å². The molecule has 0 unspecified atom stereocenters. The SMILES string of the molecule is CN=C(NCC(=O)N(C)C)N1CCN(CC(=O)N2CCCCCC2)CC1. The lowest BCUT2D eigenvalue weighted by molar-refractivity contribution is -0.132. The Hall–Kier alpha value is -1.83. The lowest BCUT2D eigenvalue weighted by atomic mass is 10.2. The van der Waals surface area contributed by atoms with Gasteiger partial charge in [0, 0.05) is 60.4 Å². The van der Waals surface area contributed by atoms with Crippen molar-refractivity contribution >= 4 is 17.8 Å². The number of nitrogens with zero attached hydrogens (tertiary/aromatic N) is 5. The average molecular weight is 367 g/mol. The van der Waals surface area contributed by atoms with E-state index in [2.05, 4.69) is 20.1 Å². The van der Waals surface area contributed by atoms with Crippen molar-refractivity contribution in [2.45, 2.75) is 25.7 Å². The van der Waals surface area contributed by atoms with Crippen molar-refractivity contribution in [3.8, 4) is 0 Å². The number of likely N-dealkylation sites (N-methyl/N-ethyl adjacent to an activating group) is 1. The van der Waals surface area contributed by atoms with Crippen molar-refractivity contribution in [2.75, 3.05) is 73.5 Å². The highest BCUT2D eigenvalue weighted by atomic mass is 16.2. The number of hydrogen-bond donors (Lipinski definition) is 1. The molecule has 0 aromatic rings. The summed E-state index contributed by atoms with van der Waals surface area (Å²) in [5.74, 6) is 1.03. The molecule has 2 rings (SSSR count). The number of amides is 2. The lowest BCUT2D eigenvalue weighted by Crippen LogP contribution is -2.55. The second kappa shape index (κ2) is 10.4. The van der Waals surface area contributed by atoms with Crippen molar-refractivity contribution in [1.29, 1.82) is 0 Å². The summed E-state index contributed by atoms with van der Waals surface area (Å²) >= 11 is 0. The number of hydrogen-bond acceptors (Lipinski definition) is 4. The third-order valence-electron chi connectivity index (χ3n) is 5.10. The predicted molar refractivity (Wildman–Crippen MR) is 103 cm³/mol. The first kappa shape index (κ1) is 20.5. The number of nitrogens with one attached hydrogen (secondary N) is 1. The Bertz CT molecular complexity index is 492. The van der Waals surface area contributed by atoms with Crippen molar-refractivity contribution < 1.29 is 9.59 Å². The van der Waals surface area contributed by atoms with Gasteiger partial charge in [-0.15, -0.1) is 0 Å². The number of piperazine rings is 1. The van der Waals surface area contributed by atoms with Crippen LogP contribution in [0, 0.1) is 0 Å². The van der Waals surface area contributed by atoms with Crippen LogP contribution in [0.25, 0.3) is 0 Å². The van der Waals surface area contributed by atoms with Gasteiger partial charge >= 0.3 is 0 Å². The van der Waals surface area contributed by atoms with Crippen LogP contribution in [0.5, 0.6) is 0 Å². The second-order valence-electron chi connectivity index (χ2n) is 7.25. The zero-order valence-electron chi connectivity index (χ0n) is 16.5. The van der Waals surface area contributed by atoms with Crippen LogP contribution in [0.3, 0.4) is 0 Å². The van der Waals surface area contributed by atoms with Gasteiger partial charge in [-0.2, -0.15) is 0 Å². The zero-order chi connectivity index (χ0) is 18.9. The molecular weight excluding hydrogens is 332 g/mol. The maximum atomic E-state index is 12.5. The maximum Gasteiger partial charge on any atom is 0.241 e. The number of carbonyl (C=O) groups is 2. The molecule has 2 heterocycles. The minimum absolute atomic E-state index is 0.0211. The monoisotopic (exact) mass is 366 g/mol. The van der Waals surface area contributed by atoms with E-state index in [4.69, 9.17) is 0 Å². The molecule has 0 aromatic heterocycles. The van der Waals surface area contributed by atoms with Gasteiger partial charge in [-0.3, -0.25) is 19.5 Å². The first-order valence-electron chi connectivity index (χ1n) is 9.67. The number of rotatable bonds is 4. The number of guanidine groups is 1. The third-order valence-corrected chi connectivity index (χ3v) is 5.10. The van der Waals surface area contributed by atoms with E-state index < -0.39 is 0 Å². The van der Waals surface area contributed by atoms with Crippen LogP contribution in [-0.4, -0.2) is 111 Å². The molecule has 2 aliphatic heterocycles. The summed E-state index contributed by atoms with van der Waals surface area (Å²) in [6.07, 6.45) is 4.75. The van der Waals surface area contributed by atoms with Gasteiger partial charge in [0.2, 0.25) is 11.8 Å². The van der Waals surface area contributed by atoms with Crippen LogP contribution in [0.2, 0.25) is 0 Å². The van der Waals surface area contributed by atoms with E-state index in [0.717, 1.165) is 58.1 Å². The van der Waals surface area contributed by atoms with Gasteiger partial charge in [-0.1, -0.05) is 12.8 Å². The van der Waals surface area contributed by atoms with Gasteiger partial charge in [0.05, 0.1) is 13.1 Å². The Morgan fingerprint density at radius 2 is 1.54 bits per heavy atom. The summed E-state index contributed by atoms with van der Waals surface area (Å²) < 4.78 is 0. The minimum Gasteiger partial charge on any atom is -0.347 e. The van der Waals surface area contributed by atoms with Crippen LogP contribution < -0.4 is 5.32 Å². The molecule has 0 spiro atoms. The summed E-state index contributed by atoms with van der Waals surface area (Å²) in [4.78, 5) is 36.5. The molecule has 0 bridgehead atoms. The fourth-order valence-electron chi connectivity index (χ4n) is 3.37. The van der Waals surface area contributed by atoms with Gasteiger partial charge in [0.1, 0.15) is 0 Å². The quantitative estimate of drug-likeness (QED) is 0.545. The van der Waals surface area contributed by atoms with E-state index in [9.17, 15) is 9.59 Å². The molecule has 2 fully saturated rings. The molecule has 0 aromatic carbocycles. The summed E-state index contributed by atoms with van der Waals surface area (Å²) in [6, 6.07) is 0. The Kier molecular flexibility index (Phi) is 8.15. The highest BCUT2D eigenvalue weighted by molar-refractivity contribution is 5.86. The van der Waals surface area contributed by atoms with Crippen molar-refractivity contribution in [3.63, 3.8) is 0 Å². The Morgan fingerprint density at radius 3 is 2.08 bits per heavy atom. The van der Waals surface area contributed by atoms with Gasteiger partial charge in [-0.25, -0.2) is 0 Å². The Morgan fingerprint density at radius 1 is 0.923 bits per heavy atom. The van der Waals surface area contributed by atoms with Crippen LogP contribution in [-0.2, 0) is 9.59 Å². The normalized spacial score (nSPS) is 19.9. The largest absolute Gasteiger partial charge is 0.347 e. The molecule has 8 heteroatoms. The Balaban J connectivity index is 1.75. The standard InChI is InChI=1S/C18H34N6O2/c1-19-18(20-14-16(25)21(2)3)24-12-10-22(11-13-24)15-17(26)23-8-6-4-5-7-9-23/h4-15H2,1-3H3,(H,19,20). The maximum absolute atomic E-state index is 12.5. The van der Waals surface area contributed by atoms with Crippen LogP contribution in [0.4, 0.5) is 0 Å². The molecule has 0 aliphatic carbocycles. The summed E-state index contributed by atoms with van der Waals surface area (Å²) in [7, 11) is 5.22. The third kappa shape index (κ3) is 6.16. The molecule has 0 saturated carbocycles. The molecule has 0 radical (unpaired) electrons. The highest BCUT2D eigenvalue weighted by Crippen LogP contribution is 2.11. The van der Waals surface area contributed by atoms with E-state index in [1.807, 2.05) is 4.90 Å². The van der Waals surface area contributed by atoms with E-state index >= 15 is 0 Å². The number of aliphatic imine (C=N–C) groups is 1. The summed E-state index contributed by atoms with van der Waals surface area (Å²) in [5, 5.41) is 3.13. The molecule has 2 amide bonds. The average Bonchev–Trinajstić information content (AvgIpc) is 2.92. The molecule has 2 saturated heterocycles. The predicted octanol–water partition coefficient (Wildman–Crippen LogP) is -0.330. The zero-order valence-corrected chi connectivity index (χ0v) is 16.5. The number of carbonyl (C=O) groups excluding carboxylic acids is 2. The second-order valence-corrected chi connectivity index (χ2v) is 7.25. The topological polar surface area (TPSA) is 71.5 Å². The van der Waals surface area contributed by atoms with Crippen LogP contribution >= 0.6 is 0 Å². The van der Waals surface area contributed by atoms with E-state index in [1.54, 1.807) is 26.0 Å². The first-order chi connectivity index (χ1) is 12.5. The molecule has 1 N–H and O–H groups in total. The van der Waals surface area contributed by atoms with Crippen molar-refractivity contribution in [1.82, 2.24) is 24.9 Å². The Labute approximate surface area is 157 Å². The smallest absolute Gasteiger partial charge is 0.241 e. The van der Waals surface area contributed by atoms with Crippen LogP contribution in [0.1, 0.15) is 25.7 Å².